The van der Waals surface area contributed by atoms with E-state index in [1.165, 1.54) is 6.08 Å². The molecule has 4 rings (SSSR count). The highest BCUT2D eigenvalue weighted by Crippen LogP contribution is 2.20. The van der Waals surface area contributed by atoms with Crippen LogP contribution < -0.4 is 10.6 Å². The second-order valence-corrected chi connectivity index (χ2v) is 7.41. The van der Waals surface area contributed by atoms with E-state index in [1.807, 2.05) is 48.5 Å². The van der Waals surface area contributed by atoms with E-state index in [-0.39, 0.29) is 11.8 Å². The van der Waals surface area contributed by atoms with Crippen LogP contribution in [0.2, 0.25) is 0 Å². The van der Waals surface area contributed by atoms with Crippen LogP contribution in [-0.4, -0.2) is 49.6 Å². The highest BCUT2D eigenvalue weighted by atomic mass is 16.5. The van der Waals surface area contributed by atoms with Crippen molar-refractivity contribution in [3.05, 3.63) is 78.4 Å². The predicted molar refractivity (Wildman–Crippen MR) is 124 cm³/mol. The molecule has 0 unspecified atom stereocenters. The predicted octanol–water partition coefficient (Wildman–Crippen LogP) is 3.76. The number of carbonyl (C=O) groups excluding carboxylic acids is 2. The average Bonchev–Trinajstić information content (AvgIpc) is 2.79. The lowest BCUT2D eigenvalue weighted by atomic mass is 10.0. The molecule has 1 aliphatic rings. The first kappa shape index (κ1) is 20.8. The van der Waals surface area contributed by atoms with E-state index in [1.54, 1.807) is 24.3 Å². The summed E-state index contributed by atoms with van der Waals surface area (Å²) < 4.78 is 5.29. The number of nitrogens with one attached hydrogen (secondary N) is 2. The van der Waals surface area contributed by atoms with Crippen molar-refractivity contribution < 1.29 is 14.3 Å². The molecule has 0 saturated carbocycles. The Morgan fingerprint density at radius 1 is 0.871 bits per heavy atom. The molecule has 1 fully saturated rings. The maximum Gasteiger partial charge on any atom is 0.248 e. The SMILES string of the molecule is O=C(/C=C/c1cccc2ccccc12)Nc1ccc(NC(=O)CN2CCOCC2)cc1. The molecule has 0 bridgehead atoms. The Hall–Kier alpha value is -3.48. The van der Waals surface area contributed by atoms with Crippen molar-refractivity contribution in [2.75, 3.05) is 43.5 Å². The Kier molecular flexibility index (Phi) is 6.72. The van der Waals surface area contributed by atoms with Crippen molar-refractivity contribution in [3.8, 4) is 0 Å². The van der Waals surface area contributed by atoms with Gasteiger partial charge >= 0.3 is 0 Å². The van der Waals surface area contributed by atoms with Crippen LogP contribution in [0.5, 0.6) is 0 Å². The zero-order valence-corrected chi connectivity index (χ0v) is 17.2. The summed E-state index contributed by atoms with van der Waals surface area (Å²) in [6.07, 6.45) is 3.34. The Bertz CT molecular complexity index is 1080. The Labute approximate surface area is 181 Å². The van der Waals surface area contributed by atoms with Gasteiger partial charge in [0.1, 0.15) is 0 Å². The van der Waals surface area contributed by atoms with E-state index in [2.05, 4.69) is 15.5 Å². The van der Waals surface area contributed by atoms with Crippen LogP contribution in [0.1, 0.15) is 5.56 Å². The van der Waals surface area contributed by atoms with Crippen molar-refractivity contribution in [2.45, 2.75) is 0 Å². The van der Waals surface area contributed by atoms with Crippen molar-refractivity contribution in [2.24, 2.45) is 0 Å². The summed E-state index contributed by atoms with van der Waals surface area (Å²) in [5.74, 6) is -0.270. The fourth-order valence-electron chi connectivity index (χ4n) is 3.54. The molecule has 158 valence electrons. The van der Waals surface area contributed by atoms with Gasteiger partial charge in [0.25, 0.3) is 0 Å². The lowest BCUT2D eigenvalue weighted by Crippen LogP contribution is -2.41. The molecule has 6 nitrogen and oxygen atoms in total. The van der Waals surface area contributed by atoms with Gasteiger partial charge in [0.15, 0.2) is 0 Å². The number of hydrogen-bond acceptors (Lipinski definition) is 4. The average molecular weight is 415 g/mol. The molecular weight excluding hydrogens is 390 g/mol. The molecule has 1 aliphatic heterocycles. The van der Waals surface area contributed by atoms with Gasteiger partial charge in [0, 0.05) is 30.5 Å². The number of ether oxygens (including phenoxy) is 1. The largest absolute Gasteiger partial charge is 0.379 e. The molecule has 0 radical (unpaired) electrons. The first-order valence-corrected chi connectivity index (χ1v) is 10.3. The minimum absolute atomic E-state index is 0.0586. The molecule has 31 heavy (non-hydrogen) atoms. The third-order valence-electron chi connectivity index (χ3n) is 5.14. The first-order valence-electron chi connectivity index (χ1n) is 10.3. The minimum Gasteiger partial charge on any atom is -0.379 e. The minimum atomic E-state index is -0.211. The molecule has 1 saturated heterocycles. The number of fused-ring (bicyclic) bond motifs is 1. The monoisotopic (exact) mass is 415 g/mol. The molecule has 0 aromatic heterocycles. The molecule has 1 heterocycles. The third kappa shape index (κ3) is 5.78. The van der Waals surface area contributed by atoms with Crippen LogP contribution in [0, 0.1) is 0 Å². The Balaban J connectivity index is 1.31. The van der Waals surface area contributed by atoms with Crippen molar-refractivity contribution in [3.63, 3.8) is 0 Å². The van der Waals surface area contributed by atoms with Crippen LogP contribution in [0.4, 0.5) is 11.4 Å². The van der Waals surface area contributed by atoms with E-state index in [0.29, 0.717) is 31.1 Å². The normalized spacial score (nSPS) is 14.6. The van der Waals surface area contributed by atoms with E-state index >= 15 is 0 Å². The van der Waals surface area contributed by atoms with E-state index in [9.17, 15) is 9.59 Å². The second kappa shape index (κ2) is 10.0. The molecule has 0 spiro atoms. The van der Waals surface area contributed by atoms with Crippen molar-refractivity contribution in [1.82, 2.24) is 4.90 Å². The van der Waals surface area contributed by atoms with Gasteiger partial charge in [-0.3, -0.25) is 14.5 Å². The number of nitrogens with zero attached hydrogens (tertiary/aromatic N) is 1. The van der Waals surface area contributed by atoms with Gasteiger partial charge in [-0.2, -0.15) is 0 Å². The zero-order chi connectivity index (χ0) is 21.5. The smallest absolute Gasteiger partial charge is 0.248 e. The first-order chi connectivity index (χ1) is 15.2. The van der Waals surface area contributed by atoms with Crippen LogP contribution in [0.3, 0.4) is 0 Å². The number of hydrogen-bond donors (Lipinski definition) is 2. The Morgan fingerprint density at radius 2 is 1.55 bits per heavy atom. The second-order valence-electron chi connectivity index (χ2n) is 7.41. The van der Waals surface area contributed by atoms with Gasteiger partial charge in [-0.05, 0) is 46.7 Å². The van der Waals surface area contributed by atoms with Gasteiger partial charge in [-0.1, -0.05) is 42.5 Å². The zero-order valence-electron chi connectivity index (χ0n) is 17.2. The molecule has 0 aliphatic carbocycles. The molecule has 0 atom stereocenters. The number of benzene rings is 3. The summed E-state index contributed by atoms with van der Waals surface area (Å²) in [6.45, 7) is 3.21. The number of rotatable bonds is 6. The molecule has 3 aromatic rings. The van der Waals surface area contributed by atoms with Crippen molar-refractivity contribution >= 4 is 40.0 Å². The van der Waals surface area contributed by atoms with Gasteiger partial charge in [-0.25, -0.2) is 0 Å². The fourth-order valence-corrected chi connectivity index (χ4v) is 3.54. The summed E-state index contributed by atoms with van der Waals surface area (Å²) in [5, 5.41) is 7.97. The summed E-state index contributed by atoms with van der Waals surface area (Å²) in [6, 6.07) is 21.2. The maximum absolute atomic E-state index is 12.3. The molecule has 2 N–H and O–H groups in total. The van der Waals surface area contributed by atoms with Gasteiger partial charge in [0.2, 0.25) is 11.8 Å². The van der Waals surface area contributed by atoms with Crippen molar-refractivity contribution in [1.29, 1.82) is 0 Å². The van der Waals surface area contributed by atoms with Crippen LogP contribution in [-0.2, 0) is 14.3 Å². The maximum atomic E-state index is 12.3. The Morgan fingerprint density at radius 3 is 2.32 bits per heavy atom. The van der Waals surface area contributed by atoms with Gasteiger partial charge in [0.05, 0.1) is 19.8 Å². The molecule has 3 aromatic carbocycles. The summed E-state index contributed by atoms with van der Waals surface area (Å²) in [5.41, 5.74) is 2.35. The highest BCUT2D eigenvalue weighted by molar-refractivity contribution is 6.03. The van der Waals surface area contributed by atoms with Gasteiger partial charge in [-0.15, -0.1) is 0 Å². The topological polar surface area (TPSA) is 70.7 Å². The highest BCUT2D eigenvalue weighted by Gasteiger charge is 2.14. The van der Waals surface area contributed by atoms with Crippen LogP contribution in [0.25, 0.3) is 16.8 Å². The number of carbonyl (C=O) groups is 2. The lowest BCUT2D eigenvalue weighted by Gasteiger charge is -2.25. The van der Waals surface area contributed by atoms with Crippen LogP contribution >= 0.6 is 0 Å². The molecule has 6 heteroatoms. The fraction of sp³-hybridized carbons (Fsp3) is 0.200. The number of anilines is 2. The summed E-state index contributed by atoms with van der Waals surface area (Å²) in [7, 11) is 0. The summed E-state index contributed by atoms with van der Waals surface area (Å²) in [4.78, 5) is 26.6. The van der Waals surface area contributed by atoms with E-state index in [4.69, 9.17) is 4.74 Å². The lowest BCUT2D eigenvalue weighted by molar-refractivity contribution is -0.118. The molecule has 2 amide bonds. The molecular formula is C25H25N3O3. The quantitative estimate of drug-likeness (QED) is 0.602. The standard InChI is InChI=1S/C25H25N3O3/c29-24(13-8-20-6-3-5-19-4-1-2-7-23(19)20)26-21-9-11-22(12-10-21)27-25(30)18-28-14-16-31-17-15-28/h1-13H,14-18H2,(H,26,29)(H,27,30)/b13-8+. The van der Waals surface area contributed by atoms with Crippen LogP contribution in [0.15, 0.2) is 72.8 Å². The third-order valence-corrected chi connectivity index (χ3v) is 5.14. The van der Waals surface area contributed by atoms with E-state index in [0.717, 1.165) is 29.4 Å². The van der Waals surface area contributed by atoms with E-state index < -0.39 is 0 Å². The number of amides is 2. The van der Waals surface area contributed by atoms with Gasteiger partial charge < -0.3 is 15.4 Å². The summed E-state index contributed by atoms with van der Waals surface area (Å²) >= 11 is 0. The number of morpholine rings is 1.